The molecule has 0 aromatic carbocycles. The smallest absolute Gasteiger partial charge is 0.269 e. The van der Waals surface area contributed by atoms with Crippen molar-refractivity contribution in [3.63, 3.8) is 0 Å². The number of nitrogens with two attached hydrogens (primary N) is 1. The number of halogens is 1. The number of fused-ring (bicyclic) bond motifs is 1. The van der Waals surface area contributed by atoms with Gasteiger partial charge in [-0.2, -0.15) is 0 Å². The van der Waals surface area contributed by atoms with Crippen molar-refractivity contribution in [1.29, 1.82) is 0 Å². The quantitative estimate of drug-likeness (QED) is 0.694. The van der Waals surface area contributed by atoms with Gasteiger partial charge in [-0.15, -0.1) is 9.58 Å². The van der Waals surface area contributed by atoms with Gasteiger partial charge < -0.3 is 11.1 Å². The lowest BCUT2D eigenvalue weighted by Gasteiger charge is -2.08. The first-order chi connectivity index (χ1) is 8.69. The minimum absolute atomic E-state index is 0.00819. The van der Waals surface area contributed by atoms with E-state index >= 15 is 0 Å². The molecule has 2 aromatic heterocycles. The van der Waals surface area contributed by atoms with E-state index in [0.29, 0.717) is 17.4 Å². The summed E-state index contributed by atoms with van der Waals surface area (Å²) < 4.78 is 13.8. The average molecular weight is 250 g/mol. The number of hydrogen-bond donors (Lipinski definition) is 3. The molecule has 7 nitrogen and oxygen atoms in total. The third-order valence-electron chi connectivity index (χ3n) is 2.75. The van der Waals surface area contributed by atoms with Crippen LogP contribution >= 0.6 is 0 Å². The standard InChI is InChI=1S/C10H11FN6O/c11-15-8-3-6(14-5-1-2-5)10-13-4-7(9(12)18)17(10)16-8/h3-5,14H,1-2H2,(H2,12,18)(H,15,16). The SMILES string of the molecule is NC(=O)c1cnc2c(NC3CC3)cc(NF)nn12. The highest BCUT2D eigenvalue weighted by Crippen LogP contribution is 2.28. The Hall–Kier alpha value is -2.38. The zero-order valence-corrected chi connectivity index (χ0v) is 9.35. The van der Waals surface area contributed by atoms with E-state index in [1.165, 1.54) is 22.3 Å². The molecule has 8 heteroatoms. The normalized spacial score (nSPS) is 14.7. The number of anilines is 2. The molecule has 18 heavy (non-hydrogen) atoms. The van der Waals surface area contributed by atoms with Gasteiger partial charge in [0.25, 0.3) is 5.91 Å². The van der Waals surface area contributed by atoms with Crippen LogP contribution in [0.15, 0.2) is 12.3 Å². The minimum Gasteiger partial charge on any atom is -0.379 e. The first-order valence-corrected chi connectivity index (χ1v) is 5.51. The molecule has 0 saturated heterocycles. The number of nitrogens with one attached hydrogen (secondary N) is 2. The second-order valence-electron chi connectivity index (χ2n) is 4.20. The lowest BCUT2D eigenvalue weighted by molar-refractivity contribution is 0.0993. The molecule has 0 unspecified atom stereocenters. The minimum atomic E-state index is -0.664. The number of carbonyl (C=O) groups excluding carboxylic acids is 1. The summed E-state index contributed by atoms with van der Waals surface area (Å²) in [5.74, 6) is -0.672. The van der Waals surface area contributed by atoms with Crippen LogP contribution in [0, 0.1) is 0 Å². The van der Waals surface area contributed by atoms with Gasteiger partial charge >= 0.3 is 0 Å². The zero-order chi connectivity index (χ0) is 12.7. The van der Waals surface area contributed by atoms with E-state index in [1.807, 2.05) is 0 Å². The summed E-state index contributed by atoms with van der Waals surface area (Å²) in [6.45, 7) is 0. The van der Waals surface area contributed by atoms with Gasteiger partial charge in [0.05, 0.1) is 11.9 Å². The van der Waals surface area contributed by atoms with Crippen molar-refractivity contribution >= 4 is 23.1 Å². The number of hydrogen-bond acceptors (Lipinski definition) is 5. The van der Waals surface area contributed by atoms with Crippen LogP contribution in [0.4, 0.5) is 16.0 Å². The van der Waals surface area contributed by atoms with Gasteiger partial charge in [0.1, 0.15) is 5.69 Å². The van der Waals surface area contributed by atoms with Crippen molar-refractivity contribution in [1.82, 2.24) is 14.6 Å². The average Bonchev–Trinajstić information content (AvgIpc) is 3.05. The molecule has 1 fully saturated rings. The Bertz CT molecular complexity index is 620. The third kappa shape index (κ3) is 1.71. The number of nitrogens with zero attached hydrogens (tertiary/aromatic N) is 3. The Balaban J connectivity index is 2.17. The van der Waals surface area contributed by atoms with Gasteiger partial charge in [-0.25, -0.2) is 15.0 Å². The fourth-order valence-electron chi connectivity index (χ4n) is 1.74. The molecule has 2 aromatic rings. The van der Waals surface area contributed by atoms with Crippen LogP contribution in [0.2, 0.25) is 0 Å². The predicted octanol–water partition coefficient (Wildman–Crippen LogP) is 0.699. The molecule has 0 spiro atoms. The Kier molecular flexibility index (Phi) is 2.29. The van der Waals surface area contributed by atoms with Gasteiger partial charge in [-0.1, -0.05) is 0 Å². The molecule has 3 rings (SSSR count). The van der Waals surface area contributed by atoms with E-state index in [9.17, 15) is 9.28 Å². The van der Waals surface area contributed by atoms with Crippen LogP contribution in [0.25, 0.3) is 5.65 Å². The van der Waals surface area contributed by atoms with Crippen molar-refractivity contribution in [3.8, 4) is 0 Å². The van der Waals surface area contributed by atoms with E-state index < -0.39 is 5.91 Å². The lowest BCUT2D eigenvalue weighted by atomic mass is 10.4. The fraction of sp³-hybridized carbons (Fsp3) is 0.300. The third-order valence-corrected chi connectivity index (χ3v) is 2.75. The summed E-state index contributed by atoms with van der Waals surface area (Å²) in [4.78, 5) is 15.3. The highest BCUT2D eigenvalue weighted by Gasteiger charge is 2.23. The van der Waals surface area contributed by atoms with Crippen molar-refractivity contribution in [2.24, 2.45) is 5.73 Å². The number of rotatable bonds is 4. The molecule has 0 radical (unpaired) electrons. The largest absolute Gasteiger partial charge is 0.379 e. The van der Waals surface area contributed by atoms with Crippen LogP contribution in [-0.2, 0) is 0 Å². The summed E-state index contributed by atoms with van der Waals surface area (Å²) in [6.07, 6.45) is 3.46. The summed E-state index contributed by atoms with van der Waals surface area (Å²) in [6, 6.07) is 1.88. The second kappa shape index (κ2) is 3.83. The number of amides is 1. The maximum atomic E-state index is 12.5. The molecular weight excluding hydrogens is 239 g/mol. The maximum Gasteiger partial charge on any atom is 0.269 e. The highest BCUT2D eigenvalue weighted by molar-refractivity contribution is 5.92. The summed E-state index contributed by atoms with van der Waals surface area (Å²) in [5, 5.41) is 7.09. The number of primary amides is 1. The second-order valence-corrected chi connectivity index (χ2v) is 4.20. The van der Waals surface area contributed by atoms with Crippen LogP contribution < -0.4 is 16.6 Å². The first kappa shape index (κ1) is 10.8. The van der Waals surface area contributed by atoms with Crippen molar-refractivity contribution in [2.45, 2.75) is 18.9 Å². The maximum absolute atomic E-state index is 12.5. The molecule has 94 valence electrons. The van der Waals surface area contributed by atoms with E-state index in [4.69, 9.17) is 5.73 Å². The molecule has 1 saturated carbocycles. The Morgan fingerprint density at radius 2 is 2.33 bits per heavy atom. The summed E-state index contributed by atoms with van der Waals surface area (Å²) in [5.41, 5.74) is 7.85. The van der Waals surface area contributed by atoms with E-state index in [-0.39, 0.29) is 11.5 Å². The number of aromatic nitrogens is 3. The van der Waals surface area contributed by atoms with Gasteiger partial charge in [-0.05, 0) is 12.8 Å². The van der Waals surface area contributed by atoms with Crippen LogP contribution in [0.1, 0.15) is 23.3 Å². The molecule has 1 amide bonds. The van der Waals surface area contributed by atoms with Gasteiger partial charge in [0, 0.05) is 12.1 Å². The van der Waals surface area contributed by atoms with Crippen LogP contribution in [-0.4, -0.2) is 26.5 Å². The molecule has 1 aliphatic rings. The van der Waals surface area contributed by atoms with Crippen molar-refractivity contribution in [3.05, 3.63) is 18.0 Å². The van der Waals surface area contributed by atoms with Crippen LogP contribution in [0.5, 0.6) is 0 Å². The Labute approximate surface area is 101 Å². The van der Waals surface area contributed by atoms with Gasteiger partial charge in [-0.3, -0.25) is 4.79 Å². The molecule has 1 aliphatic carbocycles. The lowest BCUT2D eigenvalue weighted by Crippen LogP contribution is -2.15. The van der Waals surface area contributed by atoms with Gasteiger partial charge in [0.2, 0.25) is 0 Å². The molecule has 2 heterocycles. The van der Waals surface area contributed by atoms with Crippen molar-refractivity contribution in [2.75, 3.05) is 10.9 Å². The number of carbonyl (C=O) groups is 1. The van der Waals surface area contributed by atoms with E-state index in [2.05, 4.69) is 15.4 Å². The molecule has 0 aliphatic heterocycles. The summed E-state index contributed by atoms with van der Waals surface area (Å²) >= 11 is 0. The zero-order valence-electron chi connectivity index (χ0n) is 9.35. The van der Waals surface area contributed by atoms with Gasteiger partial charge in [0.15, 0.2) is 11.5 Å². The monoisotopic (exact) mass is 250 g/mol. The number of imidazole rings is 1. The van der Waals surface area contributed by atoms with E-state index in [1.54, 1.807) is 0 Å². The summed E-state index contributed by atoms with van der Waals surface area (Å²) in [7, 11) is 0. The predicted molar refractivity (Wildman–Crippen MR) is 62.9 cm³/mol. The van der Waals surface area contributed by atoms with Crippen LogP contribution in [0.3, 0.4) is 0 Å². The van der Waals surface area contributed by atoms with Crippen molar-refractivity contribution < 1.29 is 9.28 Å². The molecule has 0 bridgehead atoms. The van der Waals surface area contributed by atoms with E-state index in [0.717, 1.165) is 12.8 Å². The highest BCUT2D eigenvalue weighted by atomic mass is 19.2. The molecular formula is C10H11FN6O. The first-order valence-electron chi connectivity index (χ1n) is 5.51. The molecule has 4 N–H and O–H groups in total. The fourth-order valence-corrected chi connectivity index (χ4v) is 1.74. The Morgan fingerprint density at radius 3 is 2.94 bits per heavy atom. The molecule has 0 atom stereocenters. The Morgan fingerprint density at radius 1 is 1.56 bits per heavy atom. The topological polar surface area (TPSA) is 97.3 Å².